The first-order valence-electron chi connectivity index (χ1n) is 6.70. The second kappa shape index (κ2) is 8.94. The predicted molar refractivity (Wildman–Crippen MR) is 75.1 cm³/mol. The molecular weight excluding hydrogens is 256 g/mol. The summed E-state index contributed by atoms with van der Waals surface area (Å²) in [6.45, 7) is 2.66. The van der Waals surface area contributed by atoms with Crippen LogP contribution in [0.2, 0.25) is 0 Å². The van der Waals surface area contributed by atoms with Gasteiger partial charge < -0.3 is 15.2 Å². The standard InChI is InChI=1S/C15H20N2O3/c1-2-12(7-8-18)10-17-15(19)11-20-14-5-3-13(9-16)4-6-14/h3-6,12,18H,2,7-8,10-11H2,1H3,(H,17,19). The van der Waals surface area contributed by atoms with Gasteiger partial charge in [0.1, 0.15) is 5.75 Å². The third-order valence-electron chi connectivity index (χ3n) is 3.06. The Morgan fingerprint density at radius 1 is 1.45 bits per heavy atom. The summed E-state index contributed by atoms with van der Waals surface area (Å²) in [6, 6.07) is 8.61. The molecule has 1 amide bonds. The summed E-state index contributed by atoms with van der Waals surface area (Å²) in [5.74, 6) is 0.658. The molecule has 0 spiro atoms. The molecule has 0 radical (unpaired) electrons. The van der Waals surface area contributed by atoms with E-state index in [1.165, 1.54) is 0 Å². The van der Waals surface area contributed by atoms with E-state index in [1.54, 1.807) is 24.3 Å². The van der Waals surface area contributed by atoms with Gasteiger partial charge in [0, 0.05) is 13.2 Å². The normalized spacial score (nSPS) is 11.4. The Morgan fingerprint density at radius 2 is 2.15 bits per heavy atom. The number of carbonyl (C=O) groups excluding carboxylic acids is 1. The number of aliphatic hydroxyl groups is 1. The van der Waals surface area contributed by atoms with E-state index < -0.39 is 0 Å². The maximum absolute atomic E-state index is 11.6. The number of ether oxygens (including phenoxy) is 1. The fourth-order valence-corrected chi connectivity index (χ4v) is 1.72. The van der Waals surface area contributed by atoms with E-state index in [2.05, 4.69) is 5.32 Å². The third-order valence-corrected chi connectivity index (χ3v) is 3.06. The molecule has 1 unspecified atom stereocenters. The van der Waals surface area contributed by atoms with Crippen LogP contribution in [0.1, 0.15) is 25.3 Å². The highest BCUT2D eigenvalue weighted by Gasteiger charge is 2.08. The Balaban J connectivity index is 2.30. The molecular formula is C15H20N2O3. The maximum Gasteiger partial charge on any atom is 0.257 e. The molecule has 0 aliphatic heterocycles. The molecule has 1 atom stereocenters. The van der Waals surface area contributed by atoms with Crippen LogP contribution in [0, 0.1) is 17.2 Å². The predicted octanol–water partition coefficient (Wildman–Crippen LogP) is 1.46. The van der Waals surface area contributed by atoms with E-state index in [4.69, 9.17) is 15.1 Å². The number of amides is 1. The highest BCUT2D eigenvalue weighted by Crippen LogP contribution is 2.11. The van der Waals surface area contributed by atoms with E-state index in [-0.39, 0.29) is 19.1 Å². The van der Waals surface area contributed by atoms with Crippen molar-refractivity contribution in [3.8, 4) is 11.8 Å². The fourth-order valence-electron chi connectivity index (χ4n) is 1.72. The van der Waals surface area contributed by atoms with Crippen molar-refractivity contribution < 1.29 is 14.6 Å². The minimum absolute atomic E-state index is 0.0541. The number of rotatable bonds is 8. The molecule has 0 saturated heterocycles. The van der Waals surface area contributed by atoms with E-state index in [9.17, 15) is 4.79 Å². The van der Waals surface area contributed by atoms with Crippen molar-refractivity contribution in [2.45, 2.75) is 19.8 Å². The van der Waals surface area contributed by atoms with Crippen LogP contribution >= 0.6 is 0 Å². The monoisotopic (exact) mass is 276 g/mol. The Labute approximate surface area is 119 Å². The van der Waals surface area contributed by atoms with Crippen LogP contribution in [0.5, 0.6) is 5.75 Å². The number of aliphatic hydroxyl groups excluding tert-OH is 1. The van der Waals surface area contributed by atoms with Crippen LogP contribution in [0.25, 0.3) is 0 Å². The molecule has 0 heterocycles. The zero-order valence-electron chi connectivity index (χ0n) is 11.6. The first-order valence-corrected chi connectivity index (χ1v) is 6.70. The van der Waals surface area contributed by atoms with E-state index in [0.29, 0.717) is 30.2 Å². The highest BCUT2D eigenvalue weighted by atomic mass is 16.5. The zero-order chi connectivity index (χ0) is 14.8. The molecule has 2 N–H and O–H groups in total. The van der Waals surface area contributed by atoms with Crippen molar-refractivity contribution in [2.24, 2.45) is 5.92 Å². The van der Waals surface area contributed by atoms with Crippen LogP contribution in [0.3, 0.4) is 0 Å². The number of carbonyl (C=O) groups is 1. The Bertz CT molecular complexity index is 451. The second-order valence-electron chi connectivity index (χ2n) is 4.52. The van der Waals surface area contributed by atoms with Gasteiger partial charge in [0.25, 0.3) is 5.91 Å². The quantitative estimate of drug-likeness (QED) is 0.753. The fraction of sp³-hybridized carbons (Fsp3) is 0.467. The van der Waals surface area contributed by atoms with Crippen molar-refractivity contribution in [1.29, 1.82) is 5.26 Å². The zero-order valence-corrected chi connectivity index (χ0v) is 11.6. The van der Waals surface area contributed by atoms with Gasteiger partial charge in [-0.1, -0.05) is 13.3 Å². The summed E-state index contributed by atoms with van der Waals surface area (Å²) < 4.78 is 5.32. The number of benzene rings is 1. The van der Waals surface area contributed by atoms with Crippen LogP contribution in [-0.4, -0.2) is 30.8 Å². The molecule has 1 aromatic rings. The average molecular weight is 276 g/mol. The van der Waals surface area contributed by atoms with Crippen LogP contribution in [0.15, 0.2) is 24.3 Å². The molecule has 0 aliphatic carbocycles. The van der Waals surface area contributed by atoms with E-state index in [1.807, 2.05) is 13.0 Å². The number of nitrogens with one attached hydrogen (secondary N) is 1. The summed E-state index contributed by atoms with van der Waals surface area (Å²) in [5.41, 5.74) is 0.552. The molecule has 0 saturated carbocycles. The Morgan fingerprint density at radius 3 is 2.70 bits per heavy atom. The molecule has 0 fully saturated rings. The first-order chi connectivity index (χ1) is 9.69. The lowest BCUT2D eigenvalue weighted by Crippen LogP contribution is -2.33. The largest absolute Gasteiger partial charge is 0.484 e. The summed E-state index contributed by atoms with van der Waals surface area (Å²) >= 11 is 0. The SMILES string of the molecule is CCC(CCO)CNC(=O)COc1ccc(C#N)cc1. The highest BCUT2D eigenvalue weighted by molar-refractivity contribution is 5.77. The van der Waals surface area contributed by atoms with Crippen molar-refractivity contribution >= 4 is 5.91 Å². The van der Waals surface area contributed by atoms with Crippen LogP contribution < -0.4 is 10.1 Å². The van der Waals surface area contributed by atoms with Crippen LogP contribution in [-0.2, 0) is 4.79 Å². The second-order valence-corrected chi connectivity index (χ2v) is 4.52. The van der Waals surface area contributed by atoms with Gasteiger partial charge in [0.2, 0.25) is 0 Å². The molecule has 20 heavy (non-hydrogen) atoms. The molecule has 1 rings (SSSR count). The van der Waals surface area contributed by atoms with E-state index in [0.717, 1.165) is 6.42 Å². The number of nitriles is 1. The van der Waals surface area contributed by atoms with Crippen molar-refractivity contribution in [3.05, 3.63) is 29.8 Å². The van der Waals surface area contributed by atoms with Gasteiger partial charge in [-0.25, -0.2) is 0 Å². The van der Waals surface area contributed by atoms with Gasteiger partial charge >= 0.3 is 0 Å². The van der Waals surface area contributed by atoms with Crippen molar-refractivity contribution in [3.63, 3.8) is 0 Å². The van der Waals surface area contributed by atoms with Gasteiger partial charge in [-0.05, 0) is 36.6 Å². The number of nitrogens with zero attached hydrogens (tertiary/aromatic N) is 1. The summed E-state index contributed by atoms with van der Waals surface area (Å²) in [5, 5.41) is 20.3. The van der Waals surface area contributed by atoms with Gasteiger partial charge in [-0.3, -0.25) is 4.79 Å². The molecule has 1 aromatic carbocycles. The molecule has 5 heteroatoms. The minimum Gasteiger partial charge on any atom is -0.484 e. The van der Waals surface area contributed by atoms with Gasteiger partial charge in [0.05, 0.1) is 11.6 Å². The molecule has 108 valence electrons. The Hall–Kier alpha value is -2.06. The lowest BCUT2D eigenvalue weighted by atomic mass is 10.0. The van der Waals surface area contributed by atoms with Gasteiger partial charge in [-0.2, -0.15) is 5.26 Å². The average Bonchev–Trinajstić information content (AvgIpc) is 2.49. The van der Waals surface area contributed by atoms with Crippen molar-refractivity contribution in [1.82, 2.24) is 5.32 Å². The van der Waals surface area contributed by atoms with Gasteiger partial charge in [-0.15, -0.1) is 0 Å². The molecule has 0 aromatic heterocycles. The minimum atomic E-state index is -0.189. The summed E-state index contributed by atoms with van der Waals surface area (Å²) in [7, 11) is 0. The topological polar surface area (TPSA) is 82.3 Å². The summed E-state index contributed by atoms with van der Waals surface area (Å²) in [6.07, 6.45) is 1.60. The van der Waals surface area contributed by atoms with E-state index >= 15 is 0 Å². The number of hydrogen-bond donors (Lipinski definition) is 2. The molecule has 0 bridgehead atoms. The van der Waals surface area contributed by atoms with Gasteiger partial charge in [0.15, 0.2) is 6.61 Å². The maximum atomic E-state index is 11.6. The molecule has 0 aliphatic rings. The first kappa shape index (κ1) is 16.0. The third kappa shape index (κ3) is 5.72. The van der Waals surface area contributed by atoms with Crippen molar-refractivity contribution in [2.75, 3.05) is 19.8 Å². The summed E-state index contributed by atoms with van der Waals surface area (Å²) in [4.78, 5) is 11.6. The lowest BCUT2D eigenvalue weighted by Gasteiger charge is -2.14. The smallest absolute Gasteiger partial charge is 0.257 e. The Kier molecular flexibility index (Phi) is 7.15. The van der Waals surface area contributed by atoms with Crippen LogP contribution in [0.4, 0.5) is 0 Å². The lowest BCUT2D eigenvalue weighted by molar-refractivity contribution is -0.123. The molecule has 5 nitrogen and oxygen atoms in total. The number of hydrogen-bond acceptors (Lipinski definition) is 4.